The molecule has 1 aromatic heterocycles. The van der Waals surface area contributed by atoms with Gasteiger partial charge in [0.25, 0.3) is 0 Å². The maximum Gasteiger partial charge on any atom is 0.126 e. The number of nitrogens with zero attached hydrogens (tertiary/aromatic N) is 5. The van der Waals surface area contributed by atoms with Crippen LogP contribution in [0.2, 0.25) is 0 Å². The topological polar surface area (TPSA) is 75.8 Å². The number of ether oxygens (including phenoxy) is 1. The molecule has 1 atom stereocenters. The third-order valence-corrected chi connectivity index (χ3v) is 3.57. The molecule has 1 unspecified atom stereocenters. The molecule has 0 bridgehead atoms. The van der Waals surface area contributed by atoms with Gasteiger partial charge in [-0.2, -0.15) is 5.10 Å². The standard InChI is InChI=1S/C14H15N5O/c1-9(17-18-15)8-19-13-6-11-10(12(13)7-16-19)4-3-5-14(11)20-2/h3,5-7,9H,4,8H2,1-2H3. The van der Waals surface area contributed by atoms with E-state index in [4.69, 9.17) is 10.3 Å². The third-order valence-electron chi connectivity index (χ3n) is 3.57. The minimum absolute atomic E-state index is 0.126. The quantitative estimate of drug-likeness (QED) is 0.470. The molecule has 2 aliphatic rings. The predicted molar refractivity (Wildman–Crippen MR) is 75.8 cm³/mol. The zero-order chi connectivity index (χ0) is 14.1. The van der Waals surface area contributed by atoms with E-state index in [-0.39, 0.29) is 6.04 Å². The summed E-state index contributed by atoms with van der Waals surface area (Å²) >= 11 is 0. The van der Waals surface area contributed by atoms with Gasteiger partial charge in [-0.25, -0.2) is 0 Å². The number of azide groups is 1. The number of fused-ring (bicyclic) bond motifs is 2. The summed E-state index contributed by atoms with van der Waals surface area (Å²) < 4.78 is 7.30. The molecule has 6 nitrogen and oxygen atoms in total. The van der Waals surface area contributed by atoms with Crippen LogP contribution in [-0.2, 0) is 11.3 Å². The van der Waals surface area contributed by atoms with Crippen LogP contribution >= 0.6 is 0 Å². The van der Waals surface area contributed by atoms with Gasteiger partial charge in [-0.15, -0.1) is 0 Å². The maximum atomic E-state index is 8.48. The molecule has 0 saturated heterocycles. The molecular weight excluding hydrogens is 254 g/mol. The van der Waals surface area contributed by atoms with Crippen molar-refractivity contribution in [1.82, 2.24) is 9.78 Å². The van der Waals surface area contributed by atoms with E-state index < -0.39 is 0 Å². The van der Waals surface area contributed by atoms with Gasteiger partial charge in [-0.05, 0) is 29.7 Å². The molecule has 0 N–H and O–H groups in total. The Bertz CT molecular complexity index is 777. The van der Waals surface area contributed by atoms with Gasteiger partial charge in [0.1, 0.15) is 5.76 Å². The number of hydrogen-bond donors (Lipinski definition) is 0. The summed E-state index contributed by atoms with van der Waals surface area (Å²) in [5.74, 6) is 0.886. The van der Waals surface area contributed by atoms with Gasteiger partial charge in [0, 0.05) is 22.2 Å². The second-order valence-corrected chi connectivity index (χ2v) is 4.89. The van der Waals surface area contributed by atoms with E-state index >= 15 is 0 Å². The highest BCUT2D eigenvalue weighted by atomic mass is 16.5. The third kappa shape index (κ3) is 1.90. The van der Waals surface area contributed by atoms with E-state index in [0.717, 1.165) is 28.3 Å². The van der Waals surface area contributed by atoms with Crippen LogP contribution in [0.1, 0.15) is 13.3 Å². The first-order chi connectivity index (χ1) is 9.74. The lowest BCUT2D eigenvalue weighted by Crippen LogP contribution is -2.30. The second kappa shape index (κ2) is 4.90. The summed E-state index contributed by atoms with van der Waals surface area (Å²) in [7, 11) is 1.68. The van der Waals surface area contributed by atoms with Gasteiger partial charge in [0.15, 0.2) is 0 Å². The number of allylic oxidation sites excluding steroid dienone is 3. The van der Waals surface area contributed by atoms with Crippen molar-refractivity contribution >= 4 is 11.6 Å². The molecule has 0 radical (unpaired) electrons. The predicted octanol–water partition coefficient (Wildman–Crippen LogP) is 1.39. The van der Waals surface area contributed by atoms with E-state index in [1.54, 1.807) is 7.11 Å². The summed E-state index contributed by atoms with van der Waals surface area (Å²) in [6.45, 7) is 2.45. The molecular formula is C14H15N5O. The first kappa shape index (κ1) is 12.6. The molecule has 1 heterocycles. The monoisotopic (exact) mass is 269 g/mol. The number of rotatable bonds is 4. The lowest BCUT2D eigenvalue weighted by atomic mass is 9.99. The molecule has 0 fully saturated rings. The van der Waals surface area contributed by atoms with Crippen molar-refractivity contribution in [2.24, 2.45) is 5.11 Å². The Hall–Kier alpha value is -2.46. The zero-order valence-electron chi connectivity index (χ0n) is 11.4. The van der Waals surface area contributed by atoms with E-state index in [9.17, 15) is 0 Å². The Balaban J connectivity index is 2.08. The van der Waals surface area contributed by atoms with Crippen LogP contribution in [0.4, 0.5) is 0 Å². The number of aromatic nitrogens is 2. The molecule has 0 aromatic carbocycles. The van der Waals surface area contributed by atoms with Gasteiger partial charge in [0.05, 0.1) is 24.7 Å². The minimum atomic E-state index is -0.126. The van der Waals surface area contributed by atoms with Crippen molar-refractivity contribution in [2.75, 3.05) is 7.11 Å². The SMILES string of the molecule is COC1=C2C=c3c(cnn3CC(C)N=[N+]=[N-])=C2CC=C1. The van der Waals surface area contributed by atoms with Crippen molar-refractivity contribution in [3.63, 3.8) is 0 Å². The van der Waals surface area contributed by atoms with E-state index in [1.165, 1.54) is 5.57 Å². The summed E-state index contributed by atoms with van der Waals surface area (Å²) in [5.41, 5.74) is 10.9. The molecule has 20 heavy (non-hydrogen) atoms. The van der Waals surface area contributed by atoms with Crippen molar-refractivity contribution in [3.8, 4) is 0 Å². The Morgan fingerprint density at radius 3 is 3.20 bits per heavy atom. The van der Waals surface area contributed by atoms with Crippen LogP contribution in [0.3, 0.4) is 0 Å². The lowest BCUT2D eigenvalue weighted by Gasteiger charge is -2.12. The van der Waals surface area contributed by atoms with Gasteiger partial charge >= 0.3 is 0 Å². The van der Waals surface area contributed by atoms with Crippen LogP contribution in [-0.4, -0.2) is 22.9 Å². The van der Waals surface area contributed by atoms with Crippen LogP contribution in [0.25, 0.3) is 22.1 Å². The fraction of sp³-hybridized carbons (Fsp3) is 0.357. The Morgan fingerprint density at radius 1 is 1.60 bits per heavy atom. The van der Waals surface area contributed by atoms with E-state index in [2.05, 4.69) is 27.3 Å². The maximum absolute atomic E-state index is 8.48. The van der Waals surface area contributed by atoms with Gasteiger partial charge < -0.3 is 4.74 Å². The van der Waals surface area contributed by atoms with E-state index in [0.29, 0.717) is 6.54 Å². The second-order valence-electron chi connectivity index (χ2n) is 4.89. The van der Waals surface area contributed by atoms with Crippen molar-refractivity contribution < 1.29 is 4.74 Å². The average molecular weight is 269 g/mol. The molecule has 2 aliphatic carbocycles. The highest BCUT2D eigenvalue weighted by Crippen LogP contribution is 2.27. The fourth-order valence-corrected chi connectivity index (χ4v) is 2.66. The fourth-order valence-electron chi connectivity index (χ4n) is 2.66. The number of hydrogen-bond acceptors (Lipinski definition) is 3. The van der Waals surface area contributed by atoms with Gasteiger partial charge in [-0.3, -0.25) is 4.68 Å². The summed E-state index contributed by atoms with van der Waals surface area (Å²) in [6.07, 6.45) is 8.97. The Kier molecular flexibility index (Phi) is 3.08. The highest BCUT2D eigenvalue weighted by Gasteiger charge is 2.20. The molecule has 0 aliphatic heterocycles. The Morgan fingerprint density at radius 2 is 2.45 bits per heavy atom. The molecule has 0 amide bonds. The van der Waals surface area contributed by atoms with Crippen LogP contribution in [0.15, 0.2) is 34.8 Å². The smallest absolute Gasteiger partial charge is 0.126 e. The highest BCUT2D eigenvalue weighted by molar-refractivity contribution is 5.84. The summed E-state index contributed by atoms with van der Waals surface area (Å²) in [5, 5.41) is 10.3. The van der Waals surface area contributed by atoms with Gasteiger partial charge in [-0.1, -0.05) is 18.1 Å². The molecule has 0 spiro atoms. The lowest BCUT2D eigenvalue weighted by molar-refractivity contribution is 0.304. The van der Waals surface area contributed by atoms with Gasteiger partial charge in [0.2, 0.25) is 0 Å². The summed E-state index contributed by atoms with van der Waals surface area (Å²) in [4.78, 5) is 2.84. The average Bonchev–Trinajstić information content (AvgIpc) is 2.99. The minimum Gasteiger partial charge on any atom is -0.496 e. The molecule has 0 saturated carbocycles. The zero-order valence-corrected chi connectivity index (χ0v) is 11.4. The Labute approximate surface area is 116 Å². The number of methoxy groups -OCH3 is 1. The van der Waals surface area contributed by atoms with Crippen molar-refractivity contribution in [1.29, 1.82) is 0 Å². The van der Waals surface area contributed by atoms with Crippen LogP contribution in [0.5, 0.6) is 0 Å². The van der Waals surface area contributed by atoms with E-state index in [1.807, 2.05) is 23.9 Å². The first-order valence-corrected chi connectivity index (χ1v) is 6.50. The molecule has 3 rings (SSSR count). The largest absolute Gasteiger partial charge is 0.496 e. The van der Waals surface area contributed by atoms with Crippen molar-refractivity contribution in [2.45, 2.75) is 25.9 Å². The van der Waals surface area contributed by atoms with Crippen LogP contribution < -0.4 is 10.6 Å². The summed E-state index contributed by atoms with van der Waals surface area (Å²) in [6, 6.07) is -0.126. The first-order valence-electron chi connectivity index (χ1n) is 6.50. The molecule has 1 aromatic rings. The normalized spacial score (nSPS) is 17.2. The molecule has 102 valence electrons. The van der Waals surface area contributed by atoms with Crippen molar-refractivity contribution in [3.05, 3.63) is 50.7 Å². The molecule has 6 heteroatoms. The van der Waals surface area contributed by atoms with Crippen LogP contribution in [0, 0.1) is 0 Å².